The fourth-order valence-electron chi connectivity index (χ4n) is 6.47. The van der Waals surface area contributed by atoms with Crippen LogP contribution in [-0.4, -0.2) is 5.11 Å². The molecule has 0 amide bonds. The van der Waals surface area contributed by atoms with Crippen LogP contribution >= 0.6 is 0 Å². The van der Waals surface area contributed by atoms with Gasteiger partial charge in [0, 0.05) is 11.3 Å². The Morgan fingerprint density at radius 1 is 0.556 bits per heavy atom. The number of hydrogen-bond acceptors (Lipinski definition) is 1. The van der Waals surface area contributed by atoms with Gasteiger partial charge in [-0.2, -0.15) is 0 Å². The van der Waals surface area contributed by atoms with Crippen molar-refractivity contribution in [1.82, 2.24) is 0 Å². The topological polar surface area (TPSA) is 20.2 Å². The van der Waals surface area contributed by atoms with Gasteiger partial charge in [-0.1, -0.05) is 105 Å². The van der Waals surface area contributed by atoms with E-state index in [2.05, 4.69) is 111 Å². The van der Waals surface area contributed by atoms with E-state index in [1.165, 1.54) is 61.2 Å². The van der Waals surface area contributed by atoms with E-state index in [9.17, 15) is 5.11 Å². The van der Waals surface area contributed by atoms with Crippen LogP contribution in [0.4, 0.5) is 0 Å². The Hall–Kier alpha value is -4.10. The molecule has 1 N–H and O–H groups in total. The second-order valence-electron chi connectivity index (χ2n) is 10.8. The monoisotopic (exact) mass is 464 g/mol. The van der Waals surface area contributed by atoms with Gasteiger partial charge in [-0.05, 0) is 85.8 Å². The Labute approximate surface area is 212 Å². The standard InChI is InChI=1S/C35H28O/c1-35(2)32-10-6-5-9-29(32)30-18-15-26(21-33(30)35)34(22-13-16-27(36)17-14-22)25-12-11-24-19-23-7-3-4-8-28(23)31(24)20-25/h3-18,20-21,34,36H,19H2,1-2H3. The van der Waals surface area contributed by atoms with Crippen LogP contribution in [0.25, 0.3) is 22.3 Å². The van der Waals surface area contributed by atoms with E-state index in [1.807, 2.05) is 0 Å². The summed E-state index contributed by atoms with van der Waals surface area (Å²) in [4.78, 5) is 0. The van der Waals surface area contributed by atoms with Crippen molar-refractivity contribution in [3.05, 3.63) is 148 Å². The number of fused-ring (bicyclic) bond motifs is 6. The van der Waals surface area contributed by atoms with Crippen molar-refractivity contribution in [3.63, 3.8) is 0 Å². The molecule has 0 radical (unpaired) electrons. The fraction of sp³-hybridized carbons (Fsp3) is 0.143. The minimum Gasteiger partial charge on any atom is -0.508 e. The highest BCUT2D eigenvalue weighted by Crippen LogP contribution is 2.50. The van der Waals surface area contributed by atoms with Crippen LogP contribution in [0, 0.1) is 0 Å². The molecular weight excluding hydrogens is 436 g/mol. The molecule has 5 aromatic carbocycles. The minimum atomic E-state index is -0.0433. The molecule has 2 aliphatic carbocycles. The molecule has 0 heterocycles. The second-order valence-corrected chi connectivity index (χ2v) is 10.8. The Bertz CT molecular complexity index is 1640. The summed E-state index contributed by atoms with van der Waals surface area (Å²) in [5, 5.41) is 10.0. The molecule has 36 heavy (non-hydrogen) atoms. The predicted molar refractivity (Wildman–Crippen MR) is 148 cm³/mol. The van der Waals surface area contributed by atoms with Gasteiger partial charge in [-0.15, -0.1) is 0 Å². The molecule has 0 aromatic heterocycles. The second kappa shape index (κ2) is 7.70. The lowest BCUT2D eigenvalue weighted by atomic mass is 9.78. The first-order valence-corrected chi connectivity index (χ1v) is 12.7. The van der Waals surface area contributed by atoms with E-state index in [0.29, 0.717) is 5.75 Å². The third-order valence-electron chi connectivity index (χ3n) is 8.32. The van der Waals surface area contributed by atoms with Crippen LogP contribution in [0.15, 0.2) is 109 Å². The smallest absolute Gasteiger partial charge is 0.115 e. The van der Waals surface area contributed by atoms with E-state index < -0.39 is 0 Å². The maximum absolute atomic E-state index is 10.0. The van der Waals surface area contributed by atoms with Crippen molar-refractivity contribution in [3.8, 4) is 28.0 Å². The zero-order valence-corrected chi connectivity index (χ0v) is 20.6. The Morgan fingerprint density at radius 3 is 2.00 bits per heavy atom. The molecule has 0 saturated heterocycles. The Morgan fingerprint density at radius 2 is 1.17 bits per heavy atom. The Kier molecular flexibility index (Phi) is 4.53. The molecule has 0 fully saturated rings. The molecule has 0 spiro atoms. The SMILES string of the molecule is CC1(C)c2ccccc2-c2ccc(C(c3ccc(O)cc3)c3ccc4c(c3)-c3ccccc3C4)cc21. The van der Waals surface area contributed by atoms with Crippen molar-refractivity contribution in [1.29, 1.82) is 0 Å². The van der Waals surface area contributed by atoms with Gasteiger partial charge in [0.25, 0.3) is 0 Å². The molecule has 174 valence electrons. The Balaban J connectivity index is 1.41. The summed E-state index contributed by atoms with van der Waals surface area (Å²) in [6.45, 7) is 4.67. The minimum absolute atomic E-state index is 0.0433. The maximum Gasteiger partial charge on any atom is 0.115 e. The molecule has 0 saturated carbocycles. The number of rotatable bonds is 3. The summed E-state index contributed by atoms with van der Waals surface area (Å²) in [6.07, 6.45) is 1.00. The van der Waals surface area contributed by atoms with Crippen molar-refractivity contribution < 1.29 is 5.11 Å². The van der Waals surface area contributed by atoms with Crippen LogP contribution in [-0.2, 0) is 11.8 Å². The summed E-state index contributed by atoms with van der Waals surface area (Å²) < 4.78 is 0. The van der Waals surface area contributed by atoms with Crippen LogP contribution in [0.1, 0.15) is 58.7 Å². The molecule has 0 aliphatic heterocycles. The van der Waals surface area contributed by atoms with Crippen LogP contribution in [0.3, 0.4) is 0 Å². The predicted octanol–water partition coefficient (Wildman–Crippen LogP) is 8.45. The quantitative estimate of drug-likeness (QED) is 0.261. The van der Waals surface area contributed by atoms with E-state index in [0.717, 1.165) is 6.42 Å². The summed E-state index contributed by atoms with van der Waals surface area (Å²) in [5.74, 6) is 0.374. The van der Waals surface area contributed by atoms with Gasteiger partial charge >= 0.3 is 0 Å². The van der Waals surface area contributed by atoms with Crippen molar-refractivity contribution in [2.45, 2.75) is 31.6 Å². The number of phenols is 1. The summed E-state index contributed by atoms with van der Waals surface area (Å²) in [6, 6.07) is 39.3. The van der Waals surface area contributed by atoms with Crippen LogP contribution in [0.2, 0.25) is 0 Å². The average molecular weight is 465 g/mol. The lowest BCUT2D eigenvalue weighted by Crippen LogP contribution is -2.15. The first kappa shape index (κ1) is 21.2. The van der Waals surface area contributed by atoms with Gasteiger partial charge < -0.3 is 5.11 Å². The van der Waals surface area contributed by atoms with Gasteiger partial charge in [0.15, 0.2) is 0 Å². The third kappa shape index (κ3) is 3.09. The zero-order valence-electron chi connectivity index (χ0n) is 20.6. The molecule has 1 nitrogen and oxygen atoms in total. The molecule has 5 aromatic rings. The van der Waals surface area contributed by atoms with E-state index in [4.69, 9.17) is 0 Å². The van der Waals surface area contributed by atoms with E-state index in [1.54, 1.807) is 12.1 Å². The largest absolute Gasteiger partial charge is 0.508 e. The summed E-state index contributed by atoms with van der Waals surface area (Å²) >= 11 is 0. The van der Waals surface area contributed by atoms with E-state index >= 15 is 0 Å². The third-order valence-corrected chi connectivity index (χ3v) is 8.32. The lowest BCUT2D eigenvalue weighted by molar-refractivity contribution is 0.475. The highest BCUT2D eigenvalue weighted by molar-refractivity contribution is 5.81. The van der Waals surface area contributed by atoms with Crippen molar-refractivity contribution in [2.24, 2.45) is 0 Å². The molecule has 1 unspecified atom stereocenters. The lowest BCUT2D eigenvalue weighted by Gasteiger charge is -2.25. The van der Waals surface area contributed by atoms with Crippen molar-refractivity contribution >= 4 is 0 Å². The average Bonchev–Trinajstić information content (AvgIpc) is 3.38. The molecular formula is C35H28O. The van der Waals surface area contributed by atoms with E-state index in [-0.39, 0.29) is 11.3 Å². The van der Waals surface area contributed by atoms with Gasteiger partial charge in [0.1, 0.15) is 5.75 Å². The first-order chi connectivity index (χ1) is 17.5. The normalized spacial score (nSPS) is 15.1. The molecule has 2 aliphatic rings. The number of hydrogen-bond donors (Lipinski definition) is 1. The van der Waals surface area contributed by atoms with Gasteiger partial charge in [-0.25, -0.2) is 0 Å². The highest BCUT2D eigenvalue weighted by Gasteiger charge is 2.36. The van der Waals surface area contributed by atoms with Crippen LogP contribution in [0.5, 0.6) is 5.75 Å². The molecule has 7 rings (SSSR count). The van der Waals surface area contributed by atoms with Gasteiger partial charge in [-0.3, -0.25) is 0 Å². The highest BCUT2D eigenvalue weighted by atomic mass is 16.3. The van der Waals surface area contributed by atoms with Crippen LogP contribution < -0.4 is 0 Å². The zero-order chi connectivity index (χ0) is 24.4. The van der Waals surface area contributed by atoms with Crippen molar-refractivity contribution in [2.75, 3.05) is 0 Å². The number of benzene rings is 5. The first-order valence-electron chi connectivity index (χ1n) is 12.7. The summed E-state index contributed by atoms with van der Waals surface area (Å²) in [7, 11) is 0. The number of aromatic hydroxyl groups is 1. The molecule has 1 heteroatoms. The van der Waals surface area contributed by atoms with Gasteiger partial charge in [0.05, 0.1) is 0 Å². The molecule has 1 atom stereocenters. The fourth-order valence-corrected chi connectivity index (χ4v) is 6.47. The summed E-state index contributed by atoms with van der Waals surface area (Å²) in [5.41, 5.74) is 14.7. The number of phenolic OH excluding ortho intramolecular Hbond substituents is 1. The van der Waals surface area contributed by atoms with Gasteiger partial charge in [0.2, 0.25) is 0 Å². The maximum atomic E-state index is 10.0. The molecule has 0 bridgehead atoms.